The first kappa shape index (κ1) is 21.0. The second-order valence-corrected chi connectivity index (χ2v) is 8.80. The smallest absolute Gasteiger partial charge is 0.130 e. The van der Waals surface area contributed by atoms with Crippen molar-refractivity contribution in [3.05, 3.63) is 95.2 Å². The summed E-state index contributed by atoms with van der Waals surface area (Å²) in [4.78, 5) is 4.61. The molecule has 0 atom stereocenters. The summed E-state index contributed by atoms with van der Waals surface area (Å²) in [5.41, 5.74) is 17.1. The molecule has 0 aliphatic heterocycles. The number of halogens is 1. The van der Waals surface area contributed by atoms with Crippen molar-refractivity contribution in [1.29, 1.82) is 0 Å². The molecule has 5 rings (SSSR count). The first-order chi connectivity index (χ1) is 15.8. The SMILES string of the molecule is C=C(NC)c1cc(Cn2c3c(c4cc(C)c(C)cc42)-c2cccnc2CC3=C)c(F)cc1N. The van der Waals surface area contributed by atoms with E-state index in [1.54, 1.807) is 13.1 Å². The lowest BCUT2D eigenvalue weighted by Gasteiger charge is -2.21. The molecule has 5 heteroatoms. The van der Waals surface area contributed by atoms with Gasteiger partial charge in [-0.05, 0) is 60.9 Å². The number of nitrogens with one attached hydrogen (secondary N) is 1. The average Bonchev–Trinajstić information content (AvgIpc) is 3.09. The van der Waals surface area contributed by atoms with Crippen LogP contribution in [0.1, 0.15) is 33.6 Å². The molecule has 3 N–H and O–H groups in total. The van der Waals surface area contributed by atoms with Crippen LogP contribution >= 0.6 is 0 Å². The summed E-state index contributed by atoms with van der Waals surface area (Å²) in [7, 11) is 1.78. The number of anilines is 1. The largest absolute Gasteiger partial charge is 0.398 e. The van der Waals surface area contributed by atoms with Crippen molar-refractivity contribution in [2.24, 2.45) is 0 Å². The highest BCUT2D eigenvalue weighted by Gasteiger charge is 2.28. The van der Waals surface area contributed by atoms with Crippen molar-refractivity contribution in [1.82, 2.24) is 14.9 Å². The Morgan fingerprint density at radius 1 is 1.21 bits per heavy atom. The van der Waals surface area contributed by atoms with Crippen LogP contribution in [-0.4, -0.2) is 16.6 Å². The molecule has 2 aromatic carbocycles. The Kier molecular flexibility index (Phi) is 4.85. The molecule has 4 aromatic rings. The number of fused-ring (bicyclic) bond motifs is 5. The maximum absolute atomic E-state index is 15.1. The Hall–Kier alpha value is -3.86. The second kappa shape index (κ2) is 7.62. The molecule has 0 spiro atoms. The van der Waals surface area contributed by atoms with Gasteiger partial charge in [-0.15, -0.1) is 0 Å². The fraction of sp³-hybridized carbons (Fsp3) is 0.179. The number of hydrogen-bond donors (Lipinski definition) is 2. The highest BCUT2D eigenvalue weighted by atomic mass is 19.1. The quantitative estimate of drug-likeness (QED) is 0.393. The molecule has 0 saturated heterocycles. The number of hydrogen-bond acceptors (Lipinski definition) is 3. The van der Waals surface area contributed by atoms with Gasteiger partial charge >= 0.3 is 0 Å². The summed E-state index contributed by atoms with van der Waals surface area (Å²) in [5, 5.41) is 4.15. The number of aryl methyl sites for hydroxylation is 2. The van der Waals surface area contributed by atoms with Crippen LogP contribution in [0.25, 0.3) is 33.3 Å². The normalized spacial score (nSPS) is 12.5. The van der Waals surface area contributed by atoms with Gasteiger partial charge in [0.1, 0.15) is 5.82 Å². The molecular weight excluding hydrogens is 411 g/mol. The predicted octanol–water partition coefficient (Wildman–Crippen LogP) is 5.85. The van der Waals surface area contributed by atoms with Crippen molar-refractivity contribution >= 4 is 27.9 Å². The molecule has 4 nitrogen and oxygen atoms in total. The van der Waals surface area contributed by atoms with E-state index >= 15 is 4.39 Å². The fourth-order valence-electron chi connectivity index (χ4n) is 4.83. The Balaban J connectivity index is 1.80. The number of aromatic nitrogens is 2. The minimum atomic E-state index is -0.330. The minimum Gasteiger partial charge on any atom is -0.398 e. The van der Waals surface area contributed by atoms with Gasteiger partial charge in [0.2, 0.25) is 0 Å². The summed E-state index contributed by atoms with van der Waals surface area (Å²) >= 11 is 0. The molecule has 0 saturated carbocycles. The third kappa shape index (κ3) is 3.23. The van der Waals surface area contributed by atoms with Crippen LogP contribution in [0.3, 0.4) is 0 Å². The van der Waals surface area contributed by atoms with Gasteiger partial charge < -0.3 is 15.6 Å². The lowest BCUT2D eigenvalue weighted by molar-refractivity contribution is 0.601. The van der Waals surface area contributed by atoms with Crippen molar-refractivity contribution in [2.45, 2.75) is 26.8 Å². The Labute approximate surface area is 193 Å². The van der Waals surface area contributed by atoms with Gasteiger partial charge in [0.25, 0.3) is 0 Å². The number of nitrogens with two attached hydrogens (primary N) is 1. The minimum absolute atomic E-state index is 0.330. The third-order valence-electron chi connectivity index (χ3n) is 6.73. The second-order valence-electron chi connectivity index (χ2n) is 8.80. The summed E-state index contributed by atoms with van der Waals surface area (Å²) < 4.78 is 17.3. The van der Waals surface area contributed by atoms with Gasteiger partial charge in [0.15, 0.2) is 0 Å². The highest BCUT2D eigenvalue weighted by Crippen LogP contribution is 2.45. The monoisotopic (exact) mass is 438 g/mol. The molecule has 2 aromatic heterocycles. The molecule has 1 aliphatic carbocycles. The topological polar surface area (TPSA) is 55.9 Å². The molecular formula is C28H27FN4. The van der Waals surface area contributed by atoms with Crippen LogP contribution in [0.4, 0.5) is 10.1 Å². The average molecular weight is 439 g/mol. The number of allylic oxidation sites excluding steroid dienone is 1. The fourth-order valence-corrected chi connectivity index (χ4v) is 4.83. The van der Waals surface area contributed by atoms with E-state index < -0.39 is 0 Å². The number of nitrogen functional groups attached to an aromatic ring is 1. The number of rotatable bonds is 4. The zero-order chi connectivity index (χ0) is 23.4. The lowest BCUT2D eigenvalue weighted by Crippen LogP contribution is -2.12. The zero-order valence-electron chi connectivity index (χ0n) is 19.2. The van der Waals surface area contributed by atoms with E-state index in [-0.39, 0.29) is 5.82 Å². The van der Waals surface area contributed by atoms with E-state index in [0.29, 0.717) is 35.5 Å². The predicted molar refractivity (Wildman–Crippen MR) is 135 cm³/mol. The Morgan fingerprint density at radius 2 is 1.97 bits per heavy atom. The van der Waals surface area contributed by atoms with E-state index in [1.807, 2.05) is 12.3 Å². The van der Waals surface area contributed by atoms with Crippen LogP contribution in [0.5, 0.6) is 0 Å². The summed E-state index contributed by atoms with van der Waals surface area (Å²) in [6.45, 7) is 13.0. The first-order valence-electron chi connectivity index (χ1n) is 11.0. The first-order valence-corrected chi connectivity index (χ1v) is 11.0. The number of nitrogens with zero attached hydrogens (tertiary/aromatic N) is 2. The van der Waals surface area contributed by atoms with Gasteiger partial charge in [-0.1, -0.05) is 19.2 Å². The Morgan fingerprint density at radius 3 is 2.73 bits per heavy atom. The van der Waals surface area contributed by atoms with Crippen LogP contribution in [0.15, 0.2) is 55.8 Å². The molecule has 0 bridgehead atoms. The van der Waals surface area contributed by atoms with Crippen LogP contribution < -0.4 is 11.1 Å². The highest BCUT2D eigenvalue weighted by molar-refractivity contribution is 6.05. The van der Waals surface area contributed by atoms with Gasteiger partial charge in [-0.3, -0.25) is 4.98 Å². The molecule has 0 fully saturated rings. The zero-order valence-corrected chi connectivity index (χ0v) is 19.2. The standard InChI is InChI=1S/C28H27FN4/c1-15-9-22-26(11-16(15)2)33(14-19-12-21(18(4)31-5)24(30)13-23(19)29)28-17(3)10-25-20(27(22)28)7-6-8-32-25/h6-9,11-13,31H,3-4,10,14,30H2,1-2,5H3. The van der Waals surface area contributed by atoms with E-state index in [9.17, 15) is 0 Å². The molecule has 0 radical (unpaired) electrons. The summed E-state index contributed by atoms with van der Waals surface area (Å²) in [5.74, 6) is -0.330. The molecule has 0 unspecified atom stereocenters. The summed E-state index contributed by atoms with van der Waals surface area (Å²) in [6, 6.07) is 11.7. The van der Waals surface area contributed by atoms with Crippen LogP contribution in [0.2, 0.25) is 0 Å². The van der Waals surface area contributed by atoms with Gasteiger partial charge in [-0.25, -0.2) is 4.39 Å². The Bertz CT molecular complexity index is 1480. The van der Waals surface area contributed by atoms with Crippen LogP contribution in [0, 0.1) is 19.7 Å². The van der Waals surface area contributed by atoms with E-state index in [2.05, 4.69) is 60.1 Å². The van der Waals surface area contributed by atoms with Crippen molar-refractivity contribution in [3.8, 4) is 11.1 Å². The van der Waals surface area contributed by atoms with Crippen molar-refractivity contribution in [3.63, 3.8) is 0 Å². The van der Waals surface area contributed by atoms with E-state index in [0.717, 1.165) is 39.0 Å². The van der Waals surface area contributed by atoms with Gasteiger partial charge in [0, 0.05) is 64.2 Å². The van der Waals surface area contributed by atoms with Gasteiger partial charge in [0.05, 0.1) is 17.9 Å². The maximum Gasteiger partial charge on any atom is 0.130 e. The third-order valence-corrected chi connectivity index (χ3v) is 6.73. The summed E-state index contributed by atoms with van der Waals surface area (Å²) in [6.07, 6.45) is 2.50. The molecule has 166 valence electrons. The lowest BCUT2D eigenvalue weighted by atomic mass is 9.88. The maximum atomic E-state index is 15.1. The van der Waals surface area contributed by atoms with Gasteiger partial charge in [-0.2, -0.15) is 0 Å². The molecule has 2 heterocycles. The van der Waals surface area contributed by atoms with E-state index in [1.165, 1.54) is 17.2 Å². The van der Waals surface area contributed by atoms with Crippen molar-refractivity contribution in [2.75, 3.05) is 12.8 Å². The number of pyridine rings is 1. The molecule has 33 heavy (non-hydrogen) atoms. The van der Waals surface area contributed by atoms with Crippen molar-refractivity contribution < 1.29 is 4.39 Å². The van der Waals surface area contributed by atoms with Crippen LogP contribution in [-0.2, 0) is 13.0 Å². The molecule has 1 aliphatic rings. The molecule has 0 amide bonds. The number of benzene rings is 2. The van der Waals surface area contributed by atoms with E-state index in [4.69, 9.17) is 5.73 Å².